The standard InChI is InChI=1S/C47H55N5O2/c1-32-45(20-21-46(54)50-32)52-31-38-28-39(13-18-42(38)33(52)2)49-25-7-6-24-48-30-34-22-26-51(27-23-34)40-14-10-36(11-15-40)47-43(35-8-4-3-5-9-35)17-12-37-29-41(53)16-19-44(37)47/h3-5,8-11,13-16,18-19,28-29,34,43,45,47-49,53H,1-2,6-7,12,17,20-27,30-31H2,(H,50,54). The first-order valence-corrected chi connectivity index (χ1v) is 20.1. The molecule has 4 N–H and O–H groups in total. The molecule has 7 heteroatoms. The van der Waals surface area contributed by atoms with Gasteiger partial charge in [-0.25, -0.2) is 0 Å². The molecule has 8 rings (SSSR count). The average Bonchev–Trinajstić information content (AvgIpc) is 3.52. The predicted octanol–water partition coefficient (Wildman–Crippen LogP) is 8.53. The number of hydrogen-bond donors (Lipinski definition) is 4. The van der Waals surface area contributed by atoms with E-state index in [2.05, 4.69) is 118 Å². The molecule has 0 radical (unpaired) electrons. The van der Waals surface area contributed by atoms with Crippen molar-refractivity contribution in [1.29, 1.82) is 0 Å². The summed E-state index contributed by atoms with van der Waals surface area (Å²) in [7, 11) is 0. The van der Waals surface area contributed by atoms with Crippen molar-refractivity contribution in [2.45, 2.75) is 75.8 Å². The van der Waals surface area contributed by atoms with Gasteiger partial charge in [-0.2, -0.15) is 0 Å². The van der Waals surface area contributed by atoms with E-state index in [0.717, 1.165) is 94.4 Å². The second kappa shape index (κ2) is 16.2. The number of nitrogens with zero attached hydrogens (tertiary/aromatic N) is 2. The van der Waals surface area contributed by atoms with E-state index < -0.39 is 0 Å². The zero-order chi connectivity index (χ0) is 37.0. The van der Waals surface area contributed by atoms with Crippen LogP contribution in [0.3, 0.4) is 0 Å². The number of unbranched alkanes of at least 4 members (excludes halogenated alkanes) is 1. The van der Waals surface area contributed by atoms with E-state index in [9.17, 15) is 9.90 Å². The monoisotopic (exact) mass is 721 g/mol. The first kappa shape index (κ1) is 36.0. The van der Waals surface area contributed by atoms with Gasteiger partial charge in [-0.05, 0) is 134 Å². The van der Waals surface area contributed by atoms with Crippen molar-refractivity contribution in [1.82, 2.24) is 15.5 Å². The quantitative estimate of drug-likeness (QED) is 0.110. The molecule has 280 valence electrons. The number of piperidine rings is 2. The van der Waals surface area contributed by atoms with Gasteiger partial charge in [0.15, 0.2) is 0 Å². The van der Waals surface area contributed by atoms with Gasteiger partial charge in [0.2, 0.25) is 5.91 Å². The van der Waals surface area contributed by atoms with Crippen molar-refractivity contribution in [3.05, 3.63) is 143 Å². The van der Waals surface area contributed by atoms with Crippen molar-refractivity contribution < 1.29 is 9.90 Å². The van der Waals surface area contributed by atoms with Gasteiger partial charge in [-0.3, -0.25) is 4.79 Å². The third kappa shape index (κ3) is 7.78. The number of phenolic OH excluding ortho intramolecular Hbond substituents is 1. The van der Waals surface area contributed by atoms with E-state index >= 15 is 0 Å². The number of amides is 1. The van der Waals surface area contributed by atoms with Crippen LogP contribution in [0.25, 0.3) is 5.70 Å². The van der Waals surface area contributed by atoms with Crippen LogP contribution in [-0.2, 0) is 17.8 Å². The van der Waals surface area contributed by atoms with E-state index in [0.29, 0.717) is 18.1 Å². The second-order valence-electron chi connectivity index (χ2n) is 15.9. The summed E-state index contributed by atoms with van der Waals surface area (Å²) < 4.78 is 0. The smallest absolute Gasteiger partial charge is 0.224 e. The molecule has 4 aliphatic rings. The molecule has 0 bridgehead atoms. The Morgan fingerprint density at radius 2 is 1.59 bits per heavy atom. The first-order valence-electron chi connectivity index (χ1n) is 20.1. The molecule has 2 fully saturated rings. The molecular formula is C47H55N5O2. The molecule has 0 spiro atoms. The molecule has 4 aromatic carbocycles. The van der Waals surface area contributed by atoms with Gasteiger partial charge in [-0.1, -0.05) is 67.8 Å². The number of rotatable bonds is 12. The minimum atomic E-state index is 0.0582. The summed E-state index contributed by atoms with van der Waals surface area (Å²) in [6.45, 7) is 14.6. The highest BCUT2D eigenvalue weighted by Gasteiger charge is 2.34. The molecule has 2 saturated heterocycles. The lowest BCUT2D eigenvalue weighted by Gasteiger charge is -2.36. The highest BCUT2D eigenvalue weighted by molar-refractivity contribution is 5.80. The maximum atomic E-state index is 11.8. The Bertz CT molecular complexity index is 1970. The third-order valence-corrected chi connectivity index (χ3v) is 12.4. The Balaban J connectivity index is 0.759. The summed E-state index contributed by atoms with van der Waals surface area (Å²) >= 11 is 0. The van der Waals surface area contributed by atoms with Gasteiger partial charge in [0.25, 0.3) is 0 Å². The van der Waals surface area contributed by atoms with Crippen LogP contribution in [0.4, 0.5) is 11.4 Å². The topological polar surface area (TPSA) is 79.9 Å². The zero-order valence-corrected chi connectivity index (χ0v) is 31.5. The fourth-order valence-electron chi connectivity index (χ4n) is 9.44. The van der Waals surface area contributed by atoms with Crippen LogP contribution >= 0.6 is 0 Å². The molecule has 1 amide bonds. The maximum Gasteiger partial charge on any atom is 0.224 e. The minimum Gasteiger partial charge on any atom is -0.508 e. The highest BCUT2D eigenvalue weighted by Crippen LogP contribution is 2.47. The largest absolute Gasteiger partial charge is 0.508 e. The number of carbonyl (C=O) groups is 1. The summed E-state index contributed by atoms with van der Waals surface area (Å²) in [6.07, 6.45) is 8.11. The molecule has 1 aliphatic carbocycles. The number of aryl methyl sites for hydroxylation is 1. The Hall–Kier alpha value is -5.01. The first-order chi connectivity index (χ1) is 26.4. The van der Waals surface area contributed by atoms with Crippen molar-refractivity contribution >= 4 is 23.0 Å². The number of nitrogens with one attached hydrogen (secondary N) is 3. The molecule has 54 heavy (non-hydrogen) atoms. The molecule has 3 unspecified atom stereocenters. The number of hydrogen-bond acceptors (Lipinski definition) is 6. The number of fused-ring (bicyclic) bond motifs is 2. The number of anilines is 2. The fraction of sp³-hybridized carbons (Fsp3) is 0.383. The summed E-state index contributed by atoms with van der Waals surface area (Å²) in [5.74, 6) is 1.85. The van der Waals surface area contributed by atoms with Crippen LogP contribution in [-0.4, -0.2) is 54.7 Å². The highest BCUT2D eigenvalue weighted by atomic mass is 16.3. The fourth-order valence-corrected chi connectivity index (χ4v) is 9.44. The van der Waals surface area contributed by atoms with Gasteiger partial charge in [-0.15, -0.1) is 0 Å². The van der Waals surface area contributed by atoms with Crippen molar-refractivity contribution in [3.8, 4) is 5.75 Å². The van der Waals surface area contributed by atoms with Gasteiger partial charge in [0, 0.05) is 66.9 Å². The van der Waals surface area contributed by atoms with Crippen molar-refractivity contribution in [3.63, 3.8) is 0 Å². The predicted molar refractivity (Wildman–Crippen MR) is 221 cm³/mol. The Kier molecular flexibility index (Phi) is 10.8. The molecule has 4 aromatic rings. The van der Waals surface area contributed by atoms with Gasteiger partial charge in [0.1, 0.15) is 5.75 Å². The number of carbonyl (C=O) groups excluding carboxylic acids is 1. The molecule has 7 nitrogen and oxygen atoms in total. The third-order valence-electron chi connectivity index (χ3n) is 12.4. The molecular weight excluding hydrogens is 667 g/mol. The van der Waals surface area contributed by atoms with Crippen molar-refractivity contribution in [2.24, 2.45) is 5.92 Å². The van der Waals surface area contributed by atoms with Gasteiger partial charge >= 0.3 is 0 Å². The lowest BCUT2D eigenvalue weighted by molar-refractivity contribution is -0.121. The van der Waals surface area contributed by atoms with Crippen LogP contribution in [0.1, 0.15) is 90.2 Å². The summed E-state index contributed by atoms with van der Waals surface area (Å²) in [4.78, 5) is 16.6. The zero-order valence-electron chi connectivity index (χ0n) is 31.5. The summed E-state index contributed by atoms with van der Waals surface area (Å²) in [5.41, 5.74) is 12.1. The van der Waals surface area contributed by atoms with E-state index in [-0.39, 0.29) is 17.9 Å². The van der Waals surface area contributed by atoms with E-state index in [4.69, 9.17) is 0 Å². The Morgan fingerprint density at radius 3 is 2.39 bits per heavy atom. The molecule has 3 heterocycles. The van der Waals surface area contributed by atoms with Crippen LogP contribution in [0, 0.1) is 5.92 Å². The van der Waals surface area contributed by atoms with E-state index in [1.165, 1.54) is 51.9 Å². The van der Waals surface area contributed by atoms with Crippen LogP contribution in [0.15, 0.2) is 110 Å². The molecule has 3 aliphatic heterocycles. The lowest BCUT2D eigenvalue weighted by Crippen LogP contribution is -2.43. The van der Waals surface area contributed by atoms with Crippen LogP contribution in [0.5, 0.6) is 5.75 Å². The van der Waals surface area contributed by atoms with Crippen molar-refractivity contribution in [2.75, 3.05) is 42.9 Å². The number of phenols is 1. The normalized spacial score (nSPS) is 21.5. The SMILES string of the molecule is C=C1NC(=O)CCC1N1Cc2cc(NCCCCNCC3CCN(c4ccc(C5c6ccc(O)cc6CCC5c5ccccc5)cc4)CC3)ccc2C1=C. The molecule has 0 aromatic heterocycles. The Labute approximate surface area is 321 Å². The minimum absolute atomic E-state index is 0.0582. The van der Waals surface area contributed by atoms with Gasteiger partial charge in [0.05, 0.1) is 6.04 Å². The van der Waals surface area contributed by atoms with Gasteiger partial charge < -0.3 is 30.9 Å². The number of aromatic hydroxyl groups is 1. The Morgan fingerprint density at radius 1 is 0.796 bits per heavy atom. The van der Waals surface area contributed by atoms with E-state index in [1.807, 2.05) is 12.1 Å². The van der Waals surface area contributed by atoms with Crippen LogP contribution in [0.2, 0.25) is 0 Å². The number of benzene rings is 4. The second-order valence-corrected chi connectivity index (χ2v) is 15.9. The maximum absolute atomic E-state index is 11.8. The average molecular weight is 722 g/mol. The van der Waals surface area contributed by atoms with Crippen LogP contribution < -0.4 is 20.9 Å². The molecule has 3 atom stereocenters. The summed E-state index contributed by atoms with van der Waals surface area (Å²) in [6, 6.07) is 33.0. The summed E-state index contributed by atoms with van der Waals surface area (Å²) in [5, 5.41) is 20.5. The van der Waals surface area contributed by atoms with E-state index in [1.54, 1.807) is 0 Å². The lowest BCUT2D eigenvalue weighted by atomic mass is 9.69. The molecule has 0 saturated carbocycles.